The summed E-state index contributed by atoms with van der Waals surface area (Å²) in [4.78, 5) is 19.1. The molecule has 0 N–H and O–H groups in total. The second-order valence-corrected chi connectivity index (χ2v) is 2.62. The van der Waals surface area contributed by atoms with Crippen molar-refractivity contribution in [2.45, 2.75) is 12.7 Å². The number of carbonyl (C=O) groups excluding carboxylic acids is 1. The maximum Gasteiger partial charge on any atom is 0.186 e. The molecule has 0 aromatic carbocycles. The minimum atomic E-state index is -0.516. The third kappa shape index (κ3) is 2.86. The lowest BCUT2D eigenvalue weighted by molar-refractivity contribution is -0.0993. The fraction of sp³-hybridized carbons (Fsp3) is 0.444. The summed E-state index contributed by atoms with van der Waals surface area (Å²) in [6.07, 6.45) is 2.50. The van der Waals surface area contributed by atoms with Crippen molar-refractivity contribution in [3.05, 3.63) is 24.3 Å². The van der Waals surface area contributed by atoms with Crippen molar-refractivity contribution in [1.82, 2.24) is 9.97 Å². The van der Waals surface area contributed by atoms with Crippen LogP contribution in [-0.4, -0.2) is 36.3 Å². The van der Waals surface area contributed by atoms with E-state index in [9.17, 15) is 4.79 Å². The van der Waals surface area contributed by atoms with Gasteiger partial charge in [0.25, 0.3) is 0 Å². The van der Waals surface area contributed by atoms with Crippen molar-refractivity contribution >= 4 is 5.78 Å². The van der Waals surface area contributed by atoms with Crippen LogP contribution >= 0.6 is 0 Å². The number of Topliss-reactive ketones (excluding diaryl/α,β-unsaturated/α-hetero) is 1. The molecule has 0 unspecified atom stereocenters. The van der Waals surface area contributed by atoms with E-state index in [0.29, 0.717) is 5.69 Å². The molecule has 0 saturated carbocycles. The lowest BCUT2D eigenvalue weighted by atomic mass is 10.2. The zero-order valence-corrected chi connectivity index (χ0v) is 8.14. The molecule has 0 saturated heterocycles. The number of hydrogen-bond donors (Lipinski definition) is 0. The van der Waals surface area contributed by atoms with Gasteiger partial charge in [0.1, 0.15) is 12.0 Å². The van der Waals surface area contributed by atoms with Gasteiger partial charge in [-0.15, -0.1) is 0 Å². The van der Waals surface area contributed by atoms with Crippen molar-refractivity contribution in [2.24, 2.45) is 0 Å². The number of ether oxygens (including phenoxy) is 2. The van der Waals surface area contributed by atoms with E-state index < -0.39 is 6.29 Å². The quantitative estimate of drug-likeness (QED) is 0.511. The molecule has 0 spiro atoms. The van der Waals surface area contributed by atoms with Gasteiger partial charge < -0.3 is 9.47 Å². The molecule has 1 rings (SSSR count). The van der Waals surface area contributed by atoms with Gasteiger partial charge >= 0.3 is 0 Å². The minimum absolute atomic E-state index is 0.124. The predicted octanol–water partition coefficient (Wildman–Crippen LogP) is 0.668. The Labute approximate surface area is 82.1 Å². The molecule has 0 aliphatic rings. The first-order valence-electron chi connectivity index (χ1n) is 4.12. The summed E-state index contributed by atoms with van der Waals surface area (Å²) in [6, 6.07) is 1.56. The van der Waals surface area contributed by atoms with Gasteiger partial charge in [0.15, 0.2) is 12.1 Å². The Morgan fingerprint density at radius 1 is 1.50 bits per heavy atom. The van der Waals surface area contributed by atoms with E-state index in [2.05, 4.69) is 9.97 Å². The molecule has 0 aliphatic carbocycles. The maximum absolute atomic E-state index is 11.5. The van der Waals surface area contributed by atoms with Crippen LogP contribution in [0, 0.1) is 0 Å². The summed E-state index contributed by atoms with van der Waals surface area (Å²) < 4.78 is 9.81. The highest BCUT2D eigenvalue weighted by Crippen LogP contribution is 2.04. The molecule has 1 heterocycles. The summed E-state index contributed by atoms with van der Waals surface area (Å²) >= 11 is 0. The molecule has 1 aromatic rings. The predicted molar refractivity (Wildman–Crippen MR) is 48.8 cm³/mol. The largest absolute Gasteiger partial charge is 0.355 e. The number of ketones is 1. The first-order chi connectivity index (χ1) is 6.77. The molecule has 5 nitrogen and oxygen atoms in total. The number of nitrogens with zero attached hydrogens (tertiary/aromatic N) is 2. The SMILES string of the molecule is COC(CC(=O)c1ccncn1)OC. The van der Waals surface area contributed by atoms with Crippen LogP contribution in [0.1, 0.15) is 16.9 Å². The number of hydrogen-bond acceptors (Lipinski definition) is 5. The van der Waals surface area contributed by atoms with Crippen LogP contribution < -0.4 is 0 Å². The molecule has 0 radical (unpaired) electrons. The zero-order chi connectivity index (χ0) is 10.4. The Hall–Kier alpha value is -1.33. The van der Waals surface area contributed by atoms with Gasteiger partial charge in [-0.05, 0) is 6.07 Å². The van der Waals surface area contributed by atoms with Gasteiger partial charge in [-0.2, -0.15) is 0 Å². The molecule has 1 aromatic heterocycles. The summed E-state index contributed by atoms with van der Waals surface area (Å²) in [5.41, 5.74) is 0.374. The summed E-state index contributed by atoms with van der Waals surface area (Å²) in [7, 11) is 2.98. The molecule has 0 fully saturated rings. The highest BCUT2D eigenvalue weighted by atomic mass is 16.7. The molecule has 0 atom stereocenters. The Balaban J connectivity index is 2.59. The molecule has 14 heavy (non-hydrogen) atoms. The number of carbonyl (C=O) groups is 1. The van der Waals surface area contributed by atoms with Crippen LogP contribution in [0.25, 0.3) is 0 Å². The number of aromatic nitrogens is 2. The average molecular weight is 196 g/mol. The lowest BCUT2D eigenvalue weighted by Gasteiger charge is -2.11. The third-order valence-electron chi connectivity index (χ3n) is 1.75. The first kappa shape index (κ1) is 10.7. The van der Waals surface area contributed by atoms with Crippen molar-refractivity contribution in [3.8, 4) is 0 Å². The Morgan fingerprint density at radius 3 is 2.71 bits per heavy atom. The number of rotatable bonds is 5. The molecule has 5 heteroatoms. The molecular weight excluding hydrogens is 184 g/mol. The van der Waals surface area contributed by atoms with Crippen molar-refractivity contribution in [3.63, 3.8) is 0 Å². The second-order valence-electron chi connectivity index (χ2n) is 2.62. The molecule has 0 aliphatic heterocycles. The number of methoxy groups -OCH3 is 2. The van der Waals surface area contributed by atoms with E-state index >= 15 is 0 Å². The van der Waals surface area contributed by atoms with Gasteiger partial charge in [-0.3, -0.25) is 4.79 Å². The normalized spacial score (nSPS) is 10.5. The molecular formula is C9H12N2O3. The second kappa shape index (κ2) is 5.41. The van der Waals surface area contributed by atoms with Crippen molar-refractivity contribution in [2.75, 3.05) is 14.2 Å². The molecule has 0 amide bonds. The first-order valence-corrected chi connectivity index (χ1v) is 4.12. The Bertz CT molecular complexity index is 285. The standard InChI is InChI=1S/C9H12N2O3/c1-13-9(14-2)5-8(12)7-3-4-10-6-11-7/h3-4,6,9H,5H2,1-2H3. The van der Waals surface area contributed by atoms with Gasteiger partial charge in [-0.25, -0.2) is 9.97 Å². The van der Waals surface area contributed by atoms with Crippen LogP contribution in [0.2, 0.25) is 0 Å². The molecule has 76 valence electrons. The zero-order valence-electron chi connectivity index (χ0n) is 8.14. The average Bonchev–Trinajstić information content (AvgIpc) is 2.26. The van der Waals surface area contributed by atoms with Gasteiger partial charge in [-0.1, -0.05) is 0 Å². The van der Waals surface area contributed by atoms with Gasteiger partial charge in [0.2, 0.25) is 0 Å². The molecule has 0 bridgehead atoms. The highest BCUT2D eigenvalue weighted by Gasteiger charge is 2.14. The third-order valence-corrected chi connectivity index (χ3v) is 1.75. The van der Waals surface area contributed by atoms with Crippen LogP contribution in [0.4, 0.5) is 0 Å². The fourth-order valence-corrected chi connectivity index (χ4v) is 0.974. The van der Waals surface area contributed by atoms with Crippen molar-refractivity contribution < 1.29 is 14.3 Å². The van der Waals surface area contributed by atoms with Crippen LogP contribution in [-0.2, 0) is 9.47 Å². The van der Waals surface area contributed by atoms with E-state index in [-0.39, 0.29) is 12.2 Å². The van der Waals surface area contributed by atoms with E-state index in [1.165, 1.54) is 26.7 Å². The van der Waals surface area contributed by atoms with E-state index in [1.807, 2.05) is 0 Å². The van der Waals surface area contributed by atoms with E-state index in [0.717, 1.165) is 0 Å². The minimum Gasteiger partial charge on any atom is -0.355 e. The summed E-state index contributed by atoms with van der Waals surface area (Å²) in [5.74, 6) is -0.124. The topological polar surface area (TPSA) is 61.3 Å². The summed E-state index contributed by atoms with van der Waals surface area (Å²) in [5, 5.41) is 0. The smallest absolute Gasteiger partial charge is 0.186 e. The van der Waals surface area contributed by atoms with Gasteiger partial charge in [0, 0.05) is 20.4 Å². The lowest BCUT2D eigenvalue weighted by Crippen LogP contribution is -2.18. The maximum atomic E-state index is 11.5. The monoisotopic (exact) mass is 196 g/mol. The Morgan fingerprint density at radius 2 is 2.21 bits per heavy atom. The Kier molecular flexibility index (Phi) is 4.15. The van der Waals surface area contributed by atoms with E-state index in [1.54, 1.807) is 6.07 Å². The van der Waals surface area contributed by atoms with Crippen molar-refractivity contribution in [1.29, 1.82) is 0 Å². The fourth-order valence-electron chi connectivity index (χ4n) is 0.974. The van der Waals surface area contributed by atoms with Crippen LogP contribution in [0.5, 0.6) is 0 Å². The highest BCUT2D eigenvalue weighted by molar-refractivity contribution is 5.94. The van der Waals surface area contributed by atoms with E-state index in [4.69, 9.17) is 9.47 Å². The van der Waals surface area contributed by atoms with Gasteiger partial charge in [0.05, 0.1) is 6.42 Å². The summed E-state index contributed by atoms with van der Waals surface area (Å²) in [6.45, 7) is 0. The van der Waals surface area contributed by atoms with Crippen LogP contribution in [0.15, 0.2) is 18.6 Å². The van der Waals surface area contributed by atoms with Crippen LogP contribution in [0.3, 0.4) is 0 Å².